The molecule has 2 aliphatic heterocycles. The lowest BCUT2D eigenvalue weighted by Crippen LogP contribution is -2.42. The van der Waals surface area contributed by atoms with Crippen molar-refractivity contribution in [2.75, 3.05) is 32.8 Å². The molecule has 24 heavy (non-hydrogen) atoms. The highest BCUT2D eigenvalue weighted by Gasteiger charge is 2.30. The molecule has 132 valence electrons. The van der Waals surface area contributed by atoms with Gasteiger partial charge in [-0.05, 0) is 69.8 Å². The summed E-state index contributed by atoms with van der Waals surface area (Å²) in [6.07, 6.45) is 6.40. The van der Waals surface area contributed by atoms with Crippen molar-refractivity contribution < 1.29 is 9.53 Å². The predicted octanol–water partition coefficient (Wildman–Crippen LogP) is 3.10. The van der Waals surface area contributed by atoms with Crippen LogP contribution in [0.1, 0.15) is 44.6 Å². The number of carbonyl (C=O) groups is 1. The van der Waals surface area contributed by atoms with E-state index in [1.54, 1.807) is 0 Å². The maximum absolute atomic E-state index is 12.7. The van der Waals surface area contributed by atoms with Crippen molar-refractivity contribution in [1.82, 2.24) is 9.80 Å². The Morgan fingerprint density at radius 2 is 1.88 bits per heavy atom. The number of aryl methyl sites for hydroxylation is 1. The summed E-state index contributed by atoms with van der Waals surface area (Å²) >= 11 is 0. The smallest absolute Gasteiger partial charge is 0.223 e. The molecule has 3 rings (SSSR count). The van der Waals surface area contributed by atoms with Gasteiger partial charge < -0.3 is 14.5 Å². The summed E-state index contributed by atoms with van der Waals surface area (Å²) in [5.41, 5.74) is 1.21. The van der Waals surface area contributed by atoms with Gasteiger partial charge in [0.2, 0.25) is 5.91 Å². The predicted molar refractivity (Wildman–Crippen MR) is 96.3 cm³/mol. The van der Waals surface area contributed by atoms with E-state index in [0.717, 1.165) is 31.7 Å². The molecule has 0 N–H and O–H groups in total. The second kappa shape index (κ2) is 8.52. The van der Waals surface area contributed by atoms with Gasteiger partial charge in [-0.3, -0.25) is 4.79 Å². The Hall–Kier alpha value is -1.55. The van der Waals surface area contributed by atoms with Crippen LogP contribution in [0, 0.1) is 0 Å². The van der Waals surface area contributed by atoms with Gasteiger partial charge in [0, 0.05) is 25.6 Å². The Morgan fingerprint density at radius 1 is 1.12 bits per heavy atom. The highest BCUT2D eigenvalue weighted by molar-refractivity contribution is 5.77. The summed E-state index contributed by atoms with van der Waals surface area (Å²) < 4.78 is 5.47. The van der Waals surface area contributed by atoms with E-state index < -0.39 is 0 Å². The lowest BCUT2D eigenvalue weighted by Gasteiger charge is -2.28. The minimum atomic E-state index is 0.325. The Morgan fingerprint density at radius 3 is 2.58 bits per heavy atom. The maximum atomic E-state index is 12.7. The number of carbonyl (C=O) groups excluding carboxylic acids is 1. The Bertz CT molecular complexity index is 523. The molecular formula is C20H30N2O2. The van der Waals surface area contributed by atoms with E-state index in [0.29, 0.717) is 25.0 Å². The SMILES string of the molecule is CCOc1ccc(CCC(=O)N2CCCC2CN2CCCC2)cc1. The largest absolute Gasteiger partial charge is 0.494 e. The van der Waals surface area contributed by atoms with Crippen molar-refractivity contribution in [1.29, 1.82) is 0 Å². The van der Waals surface area contributed by atoms with Crippen molar-refractivity contribution in [2.45, 2.75) is 51.5 Å². The van der Waals surface area contributed by atoms with E-state index >= 15 is 0 Å². The molecule has 2 aliphatic rings. The third kappa shape index (κ3) is 4.50. The van der Waals surface area contributed by atoms with Gasteiger partial charge in [0.05, 0.1) is 6.61 Å². The third-order valence-corrected chi connectivity index (χ3v) is 5.23. The van der Waals surface area contributed by atoms with E-state index in [-0.39, 0.29) is 0 Å². The van der Waals surface area contributed by atoms with Gasteiger partial charge in [0.15, 0.2) is 0 Å². The molecule has 0 saturated carbocycles. The van der Waals surface area contributed by atoms with Gasteiger partial charge in [-0.15, -0.1) is 0 Å². The number of amides is 1. The molecule has 0 bridgehead atoms. The zero-order chi connectivity index (χ0) is 16.8. The molecule has 2 fully saturated rings. The molecule has 0 aromatic heterocycles. The second-order valence-corrected chi connectivity index (χ2v) is 6.97. The van der Waals surface area contributed by atoms with E-state index in [4.69, 9.17) is 4.74 Å². The molecule has 4 heteroatoms. The van der Waals surface area contributed by atoms with Gasteiger partial charge in [-0.2, -0.15) is 0 Å². The average Bonchev–Trinajstić information content (AvgIpc) is 3.27. The molecule has 1 unspecified atom stereocenters. The van der Waals surface area contributed by atoms with E-state index in [1.165, 1.54) is 37.9 Å². The fraction of sp³-hybridized carbons (Fsp3) is 0.650. The molecule has 2 heterocycles. The van der Waals surface area contributed by atoms with Crippen LogP contribution in [0.5, 0.6) is 5.75 Å². The fourth-order valence-electron chi connectivity index (χ4n) is 3.93. The second-order valence-electron chi connectivity index (χ2n) is 6.97. The van der Waals surface area contributed by atoms with E-state index in [9.17, 15) is 4.79 Å². The minimum Gasteiger partial charge on any atom is -0.494 e. The molecule has 0 radical (unpaired) electrons. The van der Waals surface area contributed by atoms with Crippen LogP contribution >= 0.6 is 0 Å². The zero-order valence-corrected chi connectivity index (χ0v) is 14.9. The van der Waals surface area contributed by atoms with Gasteiger partial charge in [0.25, 0.3) is 0 Å². The first kappa shape index (κ1) is 17.3. The quantitative estimate of drug-likeness (QED) is 0.770. The number of hydrogen-bond donors (Lipinski definition) is 0. The molecule has 1 aromatic carbocycles. The summed E-state index contributed by atoms with van der Waals surface area (Å²) in [4.78, 5) is 17.3. The van der Waals surface area contributed by atoms with Crippen molar-refractivity contribution in [3.05, 3.63) is 29.8 Å². The van der Waals surface area contributed by atoms with Crippen molar-refractivity contribution in [3.63, 3.8) is 0 Å². The van der Waals surface area contributed by atoms with Crippen molar-refractivity contribution in [2.24, 2.45) is 0 Å². The van der Waals surface area contributed by atoms with Crippen molar-refractivity contribution in [3.8, 4) is 5.75 Å². The van der Waals surface area contributed by atoms with Crippen LogP contribution in [0.2, 0.25) is 0 Å². The number of ether oxygens (including phenoxy) is 1. The molecule has 1 amide bonds. The Balaban J connectivity index is 1.48. The van der Waals surface area contributed by atoms with Crippen LogP contribution in [0.25, 0.3) is 0 Å². The summed E-state index contributed by atoms with van der Waals surface area (Å²) in [6, 6.07) is 8.58. The topological polar surface area (TPSA) is 32.8 Å². The zero-order valence-electron chi connectivity index (χ0n) is 14.9. The number of benzene rings is 1. The van der Waals surface area contributed by atoms with Crippen LogP contribution in [-0.4, -0.2) is 54.5 Å². The molecule has 1 atom stereocenters. The highest BCUT2D eigenvalue weighted by atomic mass is 16.5. The molecular weight excluding hydrogens is 300 g/mol. The van der Waals surface area contributed by atoms with Crippen LogP contribution < -0.4 is 4.74 Å². The minimum absolute atomic E-state index is 0.325. The van der Waals surface area contributed by atoms with Gasteiger partial charge in [-0.25, -0.2) is 0 Å². The average molecular weight is 330 g/mol. The Labute approximate surface area is 145 Å². The number of nitrogens with zero attached hydrogens (tertiary/aromatic N) is 2. The van der Waals surface area contributed by atoms with Crippen LogP contribution in [0.4, 0.5) is 0 Å². The van der Waals surface area contributed by atoms with E-state index in [2.05, 4.69) is 21.9 Å². The monoisotopic (exact) mass is 330 g/mol. The first-order valence-electron chi connectivity index (χ1n) is 9.50. The Kier molecular flexibility index (Phi) is 6.13. The van der Waals surface area contributed by atoms with Crippen LogP contribution in [0.3, 0.4) is 0 Å². The number of likely N-dealkylation sites (tertiary alicyclic amines) is 2. The first-order valence-corrected chi connectivity index (χ1v) is 9.50. The van der Waals surface area contributed by atoms with Gasteiger partial charge >= 0.3 is 0 Å². The van der Waals surface area contributed by atoms with Crippen molar-refractivity contribution >= 4 is 5.91 Å². The molecule has 4 nitrogen and oxygen atoms in total. The molecule has 0 spiro atoms. The van der Waals surface area contributed by atoms with Crippen LogP contribution in [-0.2, 0) is 11.2 Å². The van der Waals surface area contributed by atoms with Crippen LogP contribution in [0.15, 0.2) is 24.3 Å². The molecule has 1 aromatic rings. The third-order valence-electron chi connectivity index (χ3n) is 5.23. The van der Waals surface area contributed by atoms with E-state index in [1.807, 2.05) is 19.1 Å². The maximum Gasteiger partial charge on any atom is 0.223 e. The lowest BCUT2D eigenvalue weighted by molar-refractivity contribution is -0.132. The lowest BCUT2D eigenvalue weighted by atomic mass is 10.1. The fourth-order valence-corrected chi connectivity index (χ4v) is 3.93. The van der Waals surface area contributed by atoms with Gasteiger partial charge in [0.1, 0.15) is 5.75 Å². The first-order chi connectivity index (χ1) is 11.8. The number of hydrogen-bond acceptors (Lipinski definition) is 3. The summed E-state index contributed by atoms with van der Waals surface area (Å²) in [6.45, 7) is 7.12. The standard InChI is InChI=1S/C20H30N2O2/c1-2-24-19-10-7-17(8-11-19)9-12-20(23)22-15-5-6-18(22)16-21-13-3-4-14-21/h7-8,10-11,18H,2-6,9,12-16H2,1H3. The molecule has 0 aliphatic carbocycles. The van der Waals surface area contributed by atoms with Gasteiger partial charge in [-0.1, -0.05) is 12.1 Å². The summed E-state index contributed by atoms with van der Waals surface area (Å²) in [5, 5.41) is 0. The normalized spacial score (nSPS) is 21.4. The highest BCUT2D eigenvalue weighted by Crippen LogP contribution is 2.22. The summed E-state index contributed by atoms with van der Waals surface area (Å²) in [7, 11) is 0. The number of rotatable bonds is 7. The molecule has 2 saturated heterocycles. The summed E-state index contributed by atoms with van der Waals surface area (Å²) in [5.74, 6) is 1.23.